The molecule has 0 saturated carbocycles. The van der Waals surface area contributed by atoms with Gasteiger partial charge in [0.2, 0.25) is 6.79 Å². The van der Waals surface area contributed by atoms with Crippen LogP contribution in [-0.4, -0.2) is 21.0 Å². The van der Waals surface area contributed by atoms with E-state index >= 15 is 0 Å². The minimum absolute atomic E-state index is 0.252. The van der Waals surface area contributed by atoms with Gasteiger partial charge in [0.05, 0.1) is 26.3 Å². The Morgan fingerprint density at radius 1 is 1.33 bits per heavy atom. The summed E-state index contributed by atoms with van der Waals surface area (Å²) < 4.78 is 15.9. The first kappa shape index (κ1) is 10.1. The second kappa shape index (κ2) is 4.37. The number of ether oxygens (including phenoxy) is 3. The third-order valence-corrected chi connectivity index (χ3v) is 2.21. The number of methoxy groups -OCH3 is 1. The standard InChI is InChI=1S/C10H13NO4/c1-12-8-3-4-9-10(15-6-14-9)7(8)5-11-13-2/h3-4,11H,5-6H2,1-2H3. The smallest absolute Gasteiger partial charge is 0.231 e. The van der Waals surface area contributed by atoms with Gasteiger partial charge in [0.15, 0.2) is 11.5 Å². The molecule has 0 spiro atoms. The lowest BCUT2D eigenvalue weighted by Gasteiger charge is -2.11. The predicted octanol–water partition coefficient (Wildman–Crippen LogP) is 1.07. The molecule has 0 amide bonds. The minimum Gasteiger partial charge on any atom is -0.496 e. The maximum Gasteiger partial charge on any atom is 0.231 e. The number of rotatable bonds is 4. The van der Waals surface area contributed by atoms with Crippen LogP contribution in [0, 0.1) is 0 Å². The van der Waals surface area contributed by atoms with Gasteiger partial charge in [-0.05, 0) is 12.1 Å². The highest BCUT2D eigenvalue weighted by Gasteiger charge is 2.21. The Hall–Kier alpha value is -1.46. The molecule has 82 valence electrons. The van der Waals surface area contributed by atoms with E-state index in [4.69, 9.17) is 19.0 Å². The molecule has 0 fully saturated rings. The van der Waals surface area contributed by atoms with Crippen LogP contribution in [0.3, 0.4) is 0 Å². The van der Waals surface area contributed by atoms with Crippen molar-refractivity contribution in [3.05, 3.63) is 17.7 Å². The van der Waals surface area contributed by atoms with Crippen molar-refractivity contribution in [1.29, 1.82) is 0 Å². The molecule has 0 bridgehead atoms. The fourth-order valence-electron chi connectivity index (χ4n) is 1.52. The number of fused-ring (bicyclic) bond motifs is 1. The van der Waals surface area contributed by atoms with Crippen LogP contribution in [-0.2, 0) is 11.4 Å². The van der Waals surface area contributed by atoms with Crippen molar-refractivity contribution < 1.29 is 19.0 Å². The second-order valence-corrected chi connectivity index (χ2v) is 3.01. The maximum atomic E-state index is 5.37. The molecule has 1 aliphatic rings. The minimum atomic E-state index is 0.252. The zero-order chi connectivity index (χ0) is 10.7. The highest BCUT2D eigenvalue weighted by Crippen LogP contribution is 2.40. The summed E-state index contributed by atoms with van der Waals surface area (Å²) in [5, 5.41) is 0. The van der Waals surface area contributed by atoms with E-state index < -0.39 is 0 Å². The van der Waals surface area contributed by atoms with E-state index in [9.17, 15) is 0 Å². The normalized spacial score (nSPS) is 12.9. The Morgan fingerprint density at radius 3 is 2.93 bits per heavy atom. The quantitative estimate of drug-likeness (QED) is 0.755. The van der Waals surface area contributed by atoms with Crippen LogP contribution in [0.4, 0.5) is 0 Å². The average Bonchev–Trinajstić information content (AvgIpc) is 2.73. The van der Waals surface area contributed by atoms with Gasteiger partial charge in [-0.2, -0.15) is 5.48 Å². The highest BCUT2D eigenvalue weighted by molar-refractivity contribution is 5.54. The molecule has 15 heavy (non-hydrogen) atoms. The van der Waals surface area contributed by atoms with Crippen molar-refractivity contribution >= 4 is 0 Å². The van der Waals surface area contributed by atoms with Crippen LogP contribution in [0.25, 0.3) is 0 Å². The van der Waals surface area contributed by atoms with Gasteiger partial charge >= 0.3 is 0 Å². The highest BCUT2D eigenvalue weighted by atomic mass is 16.7. The number of hydrogen-bond donors (Lipinski definition) is 1. The second-order valence-electron chi connectivity index (χ2n) is 3.01. The van der Waals surface area contributed by atoms with Crippen LogP contribution in [0.2, 0.25) is 0 Å². The van der Waals surface area contributed by atoms with Gasteiger partial charge in [-0.15, -0.1) is 0 Å². The fourth-order valence-corrected chi connectivity index (χ4v) is 1.52. The van der Waals surface area contributed by atoms with Gasteiger partial charge in [0.1, 0.15) is 5.75 Å². The monoisotopic (exact) mass is 211 g/mol. The first-order valence-corrected chi connectivity index (χ1v) is 4.58. The molecule has 0 saturated heterocycles. The van der Waals surface area contributed by atoms with Gasteiger partial charge in [0, 0.05) is 0 Å². The van der Waals surface area contributed by atoms with Crippen molar-refractivity contribution in [3.63, 3.8) is 0 Å². The summed E-state index contributed by atoms with van der Waals surface area (Å²) in [4.78, 5) is 4.80. The van der Waals surface area contributed by atoms with Crippen molar-refractivity contribution in [2.75, 3.05) is 21.0 Å². The van der Waals surface area contributed by atoms with Crippen molar-refractivity contribution in [2.24, 2.45) is 0 Å². The summed E-state index contributed by atoms with van der Waals surface area (Å²) in [6, 6.07) is 3.68. The molecular weight excluding hydrogens is 198 g/mol. The number of hydrogen-bond acceptors (Lipinski definition) is 5. The van der Waals surface area contributed by atoms with E-state index in [-0.39, 0.29) is 6.79 Å². The van der Waals surface area contributed by atoms with Crippen LogP contribution in [0.1, 0.15) is 5.56 Å². The molecule has 1 aromatic rings. The van der Waals surface area contributed by atoms with Gasteiger partial charge in [0.25, 0.3) is 0 Å². The molecule has 1 aromatic carbocycles. The molecule has 0 unspecified atom stereocenters. The average molecular weight is 211 g/mol. The molecule has 5 heteroatoms. The molecule has 1 N–H and O–H groups in total. The van der Waals surface area contributed by atoms with Gasteiger partial charge < -0.3 is 19.0 Å². The number of nitrogens with one attached hydrogen (secondary N) is 1. The summed E-state index contributed by atoms with van der Waals surface area (Å²) in [5.41, 5.74) is 3.65. The zero-order valence-corrected chi connectivity index (χ0v) is 8.70. The van der Waals surface area contributed by atoms with Crippen LogP contribution in [0.15, 0.2) is 12.1 Å². The van der Waals surface area contributed by atoms with Crippen molar-refractivity contribution in [3.8, 4) is 17.2 Å². The zero-order valence-electron chi connectivity index (χ0n) is 8.70. The SMILES string of the molecule is CONCc1c(OC)ccc2c1OCO2. The topological polar surface area (TPSA) is 49.0 Å². The largest absolute Gasteiger partial charge is 0.496 e. The maximum absolute atomic E-state index is 5.37. The van der Waals surface area contributed by atoms with Crippen LogP contribution < -0.4 is 19.7 Å². The van der Waals surface area contributed by atoms with E-state index in [1.807, 2.05) is 12.1 Å². The Labute approximate surface area is 87.8 Å². The summed E-state index contributed by atoms with van der Waals surface area (Å²) in [6.45, 7) is 0.759. The summed E-state index contributed by atoms with van der Waals surface area (Å²) in [6.07, 6.45) is 0. The lowest BCUT2D eigenvalue weighted by Crippen LogP contribution is -2.12. The molecule has 1 aliphatic heterocycles. The van der Waals surface area contributed by atoms with Crippen LogP contribution >= 0.6 is 0 Å². The third-order valence-electron chi connectivity index (χ3n) is 2.21. The fraction of sp³-hybridized carbons (Fsp3) is 0.400. The molecule has 5 nitrogen and oxygen atoms in total. The summed E-state index contributed by atoms with van der Waals surface area (Å²) in [7, 11) is 3.18. The lowest BCUT2D eigenvalue weighted by atomic mass is 10.1. The summed E-state index contributed by atoms with van der Waals surface area (Å²) in [5.74, 6) is 2.21. The van der Waals surface area contributed by atoms with Gasteiger partial charge in [-0.3, -0.25) is 0 Å². The van der Waals surface area contributed by atoms with Crippen molar-refractivity contribution in [2.45, 2.75) is 6.54 Å². The molecule has 0 atom stereocenters. The van der Waals surface area contributed by atoms with Crippen molar-refractivity contribution in [1.82, 2.24) is 5.48 Å². The van der Waals surface area contributed by atoms with E-state index in [0.29, 0.717) is 6.54 Å². The Bertz CT molecular complexity index is 354. The third kappa shape index (κ3) is 1.84. The molecule has 2 rings (SSSR count). The van der Waals surface area contributed by atoms with Gasteiger partial charge in [-0.25, -0.2) is 0 Å². The number of hydroxylamine groups is 1. The summed E-state index contributed by atoms with van der Waals surface area (Å²) >= 11 is 0. The number of benzene rings is 1. The lowest BCUT2D eigenvalue weighted by molar-refractivity contribution is 0.0851. The van der Waals surface area contributed by atoms with E-state index in [2.05, 4.69) is 5.48 Å². The first-order chi connectivity index (χ1) is 7.36. The van der Waals surface area contributed by atoms with Crippen LogP contribution in [0.5, 0.6) is 17.2 Å². The van der Waals surface area contributed by atoms with E-state index in [1.165, 1.54) is 0 Å². The molecular formula is C10H13NO4. The molecule has 0 radical (unpaired) electrons. The molecule has 0 aromatic heterocycles. The Balaban J connectivity index is 2.34. The van der Waals surface area contributed by atoms with Gasteiger partial charge in [-0.1, -0.05) is 0 Å². The predicted molar refractivity (Wildman–Crippen MR) is 53.0 cm³/mol. The molecule has 1 heterocycles. The van der Waals surface area contributed by atoms with E-state index in [1.54, 1.807) is 14.2 Å². The van der Waals surface area contributed by atoms with E-state index in [0.717, 1.165) is 22.8 Å². The first-order valence-electron chi connectivity index (χ1n) is 4.58. The Kier molecular flexibility index (Phi) is 2.94. The Morgan fingerprint density at radius 2 is 2.20 bits per heavy atom. The molecule has 0 aliphatic carbocycles.